The van der Waals surface area contributed by atoms with Crippen LogP contribution in [0.3, 0.4) is 0 Å². The predicted octanol–water partition coefficient (Wildman–Crippen LogP) is 2.71. The van der Waals surface area contributed by atoms with E-state index >= 15 is 0 Å². The molecule has 1 aromatic carbocycles. The van der Waals surface area contributed by atoms with E-state index in [1.807, 2.05) is 36.5 Å². The minimum absolute atomic E-state index is 0.0295. The van der Waals surface area contributed by atoms with Crippen LogP contribution in [0, 0.1) is 10.1 Å². The van der Waals surface area contributed by atoms with Gasteiger partial charge in [-0.15, -0.1) is 11.3 Å². The summed E-state index contributed by atoms with van der Waals surface area (Å²) in [5.41, 5.74) is -0.408. The third-order valence-corrected chi connectivity index (χ3v) is 4.87. The van der Waals surface area contributed by atoms with Crippen LogP contribution in [-0.2, 0) is 0 Å². The first-order chi connectivity index (χ1) is 12.4. The molecule has 0 unspecified atom stereocenters. The Hall–Kier alpha value is -2.65. The zero-order valence-electron chi connectivity index (χ0n) is 15.0. The highest BCUT2D eigenvalue weighted by molar-refractivity contribution is 7.10. The molecule has 1 aromatic heterocycles. The van der Waals surface area contributed by atoms with Gasteiger partial charge in [-0.25, -0.2) is 0 Å². The lowest BCUT2D eigenvalue weighted by Crippen LogP contribution is -2.34. The average molecular weight is 379 g/mol. The molecule has 0 saturated heterocycles. The van der Waals surface area contributed by atoms with E-state index in [9.17, 15) is 14.9 Å². The van der Waals surface area contributed by atoms with Gasteiger partial charge < -0.3 is 19.7 Å². The molecule has 1 amide bonds. The first-order valence-corrected chi connectivity index (χ1v) is 8.65. The van der Waals surface area contributed by atoms with Crippen molar-refractivity contribution in [1.82, 2.24) is 10.2 Å². The zero-order chi connectivity index (χ0) is 19.3. The molecule has 2 aromatic rings. The van der Waals surface area contributed by atoms with Crippen molar-refractivity contribution >= 4 is 22.9 Å². The van der Waals surface area contributed by atoms with Crippen molar-refractivity contribution in [3.8, 4) is 11.5 Å². The Morgan fingerprint density at radius 1 is 1.31 bits per heavy atom. The monoisotopic (exact) mass is 379 g/mol. The normalized spacial score (nSPS) is 11.9. The number of ether oxygens (including phenoxy) is 2. The van der Waals surface area contributed by atoms with Crippen LogP contribution in [0.15, 0.2) is 29.6 Å². The van der Waals surface area contributed by atoms with E-state index in [0.717, 1.165) is 4.88 Å². The molecule has 26 heavy (non-hydrogen) atoms. The van der Waals surface area contributed by atoms with Gasteiger partial charge in [0.15, 0.2) is 11.5 Å². The van der Waals surface area contributed by atoms with E-state index in [0.29, 0.717) is 6.54 Å². The number of carbonyl (C=O) groups excluding carboxylic acids is 1. The number of thiophene rings is 1. The van der Waals surface area contributed by atoms with Gasteiger partial charge in [-0.2, -0.15) is 0 Å². The second-order valence-corrected chi connectivity index (χ2v) is 6.67. The lowest BCUT2D eigenvalue weighted by Gasteiger charge is -2.23. The van der Waals surface area contributed by atoms with E-state index in [-0.39, 0.29) is 28.8 Å². The van der Waals surface area contributed by atoms with Gasteiger partial charge in [-0.1, -0.05) is 6.07 Å². The number of nitrogens with zero attached hydrogens (tertiary/aromatic N) is 2. The van der Waals surface area contributed by atoms with Crippen LogP contribution in [0.5, 0.6) is 11.5 Å². The lowest BCUT2D eigenvalue weighted by molar-refractivity contribution is -0.385. The van der Waals surface area contributed by atoms with Crippen molar-refractivity contribution in [2.45, 2.75) is 6.04 Å². The standard InChI is InChI=1S/C17H21N3O5S/c1-19(2)13(16-6-5-7-26-16)10-18-17(21)11-8-14(24-3)15(25-4)9-12(11)20(22)23/h5-9,13H,10H2,1-4H3,(H,18,21)/t13-/m1/s1. The highest BCUT2D eigenvalue weighted by atomic mass is 32.1. The lowest BCUT2D eigenvalue weighted by atomic mass is 10.1. The van der Waals surface area contributed by atoms with Gasteiger partial charge >= 0.3 is 0 Å². The minimum Gasteiger partial charge on any atom is -0.493 e. The highest BCUT2D eigenvalue weighted by Crippen LogP contribution is 2.34. The quantitative estimate of drug-likeness (QED) is 0.560. The van der Waals surface area contributed by atoms with E-state index in [1.54, 1.807) is 11.3 Å². The molecule has 0 fully saturated rings. The summed E-state index contributed by atoms with van der Waals surface area (Å²) in [6.07, 6.45) is 0. The Bertz CT molecular complexity index is 777. The molecule has 140 valence electrons. The average Bonchev–Trinajstić information content (AvgIpc) is 3.14. The Labute approximate surface area is 155 Å². The maximum Gasteiger partial charge on any atom is 0.286 e. The number of nitro groups is 1. The van der Waals surface area contributed by atoms with Gasteiger partial charge in [-0.05, 0) is 25.5 Å². The molecule has 0 aliphatic rings. The van der Waals surface area contributed by atoms with Crippen molar-refractivity contribution in [3.63, 3.8) is 0 Å². The molecule has 9 heteroatoms. The first-order valence-electron chi connectivity index (χ1n) is 7.77. The Balaban J connectivity index is 2.26. The molecule has 0 spiro atoms. The number of carbonyl (C=O) groups is 1. The summed E-state index contributed by atoms with van der Waals surface area (Å²) in [7, 11) is 6.61. The molecule has 2 rings (SSSR count). The van der Waals surface area contributed by atoms with Crippen LogP contribution in [0.4, 0.5) is 5.69 Å². The van der Waals surface area contributed by atoms with Crippen molar-refractivity contribution < 1.29 is 19.2 Å². The van der Waals surface area contributed by atoms with Crippen LogP contribution in [-0.4, -0.2) is 50.6 Å². The maximum absolute atomic E-state index is 12.6. The number of methoxy groups -OCH3 is 2. The zero-order valence-corrected chi connectivity index (χ0v) is 15.8. The third-order valence-electron chi connectivity index (χ3n) is 3.89. The summed E-state index contributed by atoms with van der Waals surface area (Å²) >= 11 is 1.59. The number of amides is 1. The molecule has 1 heterocycles. The Morgan fingerprint density at radius 2 is 1.96 bits per heavy atom. The smallest absolute Gasteiger partial charge is 0.286 e. The van der Waals surface area contributed by atoms with Crippen molar-refractivity contribution in [2.75, 3.05) is 34.9 Å². The fourth-order valence-electron chi connectivity index (χ4n) is 2.50. The van der Waals surface area contributed by atoms with Gasteiger partial charge in [0.05, 0.1) is 31.3 Å². The second kappa shape index (κ2) is 8.63. The van der Waals surface area contributed by atoms with E-state index in [2.05, 4.69) is 5.32 Å². The molecular formula is C17H21N3O5S. The predicted molar refractivity (Wildman–Crippen MR) is 99.3 cm³/mol. The highest BCUT2D eigenvalue weighted by Gasteiger charge is 2.25. The number of likely N-dealkylation sites (N-methyl/N-ethyl adjacent to an activating group) is 1. The molecule has 8 nitrogen and oxygen atoms in total. The summed E-state index contributed by atoms with van der Waals surface area (Å²) in [4.78, 5) is 26.4. The SMILES string of the molecule is COc1cc(C(=O)NC[C@H](c2cccs2)N(C)C)c([N+](=O)[O-])cc1OC. The first kappa shape index (κ1) is 19.7. The van der Waals surface area contributed by atoms with Gasteiger partial charge in [0, 0.05) is 17.5 Å². The van der Waals surface area contributed by atoms with Gasteiger partial charge in [0.25, 0.3) is 11.6 Å². The number of hydrogen-bond donors (Lipinski definition) is 1. The molecule has 0 bridgehead atoms. The Kier molecular flexibility index (Phi) is 6.53. The van der Waals surface area contributed by atoms with Crippen LogP contribution in [0.1, 0.15) is 21.3 Å². The number of nitrogens with one attached hydrogen (secondary N) is 1. The summed E-state index contributed by atoms with van der Waals surface area (Å²) in [6.45, 7) is 0.317. The number of nitro benzene ring substituents is 1. The van der Waals surface area contributed by atoms with Crippen molar-refractivity contribution in [2.24, 2.45) is 0 Å². The largest absolute Gasteiger partial charge is 0.493 e. The van der Waals surface area contributed by atoms with E-state index in [4.69, 9.17) is 9.47 Å². The molecule has 0 aliphatic carbocycles. The fourth-order valence-corrected chi connectivity index (χ4v) is 3.43. The fraction of sp³-hybridized carbons (Fsp3) is 0.353. The third kappa shape index (κ3) is 4.30. The second-order valence-electron chi connectivity index (χ2n) is 5.69. The number of hydrogen-bond acceptors (Lipinski definition) is 7. The van der Waals surface area contributed by atoms with E-state index in [1.165, 1.54) is 26.4 Å². The van der Waals surface area contributed by atoms with Crippen LogP contribution in [0.2, 0.25) is 0 Å². The topological polar surface area (TPSA) is 93.9 Å². The van der Waals surface area contributed by atoms with E-state index < -0.39 is 10.8 Å². The van der Waals surface area contributed by atoms with Crippen LogP contribution < -0.4 is 14.8 Å². The number of benzene rings is 1. The molecule has 0 radical (unpaired) electrons. The minimum atomic E-state index is -0.612. The van der Waals surface area contributed by atoms with Crippen LogP contribution >= 0.6 is 11.3 Å². The van der Waals surface area contributed by atoms with Gasteiger partial charge in [0.1, 0.15) is 5.56 Å². The van der Waals surface area contributed by atoms with Crippen molar-refractivity contribution in [1.29, 1.82) is 0 Å². The molecule has 1 atom stereocenters. The van der Waals surface area contributed by atoms with Gasteiger partial charge in [-0.3, -0.25) is 14.9 Å². The molecule has 0 saturated carbocycles. The van der Waals surface area contributed by atoms with Crippen LogP contribution in [0.25, 0.3) is 0 Å². The van der Waals surface area contributed by atoms with Gasteiger partial charge in [0.2, 0.25) is 0 Å². The summed E-state index contributed by atoms with van der Waals surface area (Å²) < 4.78 is 10.2. The number of rotatable bonds is 8. The molecule has 0 aliphatic heterocycles. The summed E-state index contributed by atoms with van der Waals surface area (Å²) in [5.74, 6) is -0.0905. The Morgan fingerprint density at radius 3 is 2.46 bits per heavy atom. The van der Waals surface area contributed by atoms with Crippen molar-refractivity contribution in [3.05, 3.63) is 50.2 Å². The molecular weight excluding hydrogens is 358 g/mol. The summed E-state index contributed by atoms with van der Waals surface area (Å²) in [5, 5.41) is 16.1. The summed E-state index contributed by atoms with van der Waals surface area (Å²) in [6, 6.07) is 6.41. The maximum atomic E-state index is 12.6. The molecule has 1 N–H and O–H groups in total.